The quantitative estimate of drug-likeness (QED) is 0.784. The van der Waals surface area contributed by atoms with Gasteiger partial charge in [-0.15, -0.1) is 0 Å². The lowest BCUT2D eigenvalue weighted by Crippen LogP contribution is -2.34. The largest absolute Gasteiger partial charge is 0.393 e. The van der Waals surface area contributed by atoms with E-state index < -0.39 is 0 Å². The minimum atomic E-state index is 0.365. The fraction of sp³-hybridized carbons (Fsp3) is 0.583. The monoisotopic (exact) mass is 252 g/mol. The van der Waals surface area contributed by atoms with Crippen LogP contribution in [-0.4, -0.2) is 27.5 Å². The molecule has 1 aromatic heterocycles. The van der Waals surface area contributed by atoms with Gasteiger partial charge in [-0.2, -0.15) is 0 Å². The van der Waals surface area contributed by atoms with Crippen LogP contribution < -0.4 is 10.6 Å². The van der Waals surface area contributed by atoms with Crippen molar-refractivity contribution in [3.8, 4) is 0 Å². The molecular weight excluding hydrogens is 232 g/mol. The molecule has 0 spiro atoms. The van der Waals surface area contributed by atoms with E-state index in [1.54, 1.807) is 6.33 Å². The zero-order valence-corrected chi connectivity index (χ0v) is 11.5. The second-order valence-corrected chi connectivity index (χ2v) is 4.75. The summed E-state index contributed by atoms with van der Waals surface area (Å²) in [6.07, 6.45) is 3.24. The third-order valence-electron chi connectivity index (χ3n) is 2.59. The van der Waals surface area contributed by atoms with Crippen molar-refractivity contribution in [1.29, 1.82) is 0 Å². The van der Waals surface area contributed by atoms with Crippen molar-refractivity contribution in [2.45, 2.75) is 39.7 Å². The fourth-order valence-corrected chi connectivity index (χ4v) is 1.70. The minimum absolute atomic E-state index is 0.365. The Balaban J connectivity index is 2.84. The standard InChI is InChI=1S/C12H20N4S/c1-4-10-7-12(15-8-14-10)16(9(2)3)6-5-11(13)17/h7-9H,4-6H2,1-3H3,(H2,13,17). The summed E-state index contributed by atoms with van der Waals surface area (Å²) in [7, 11) is 0. The number of aryl methyl sites for hydroxylation is 1. The summed E-state index contributed by atoms with van der Waals surface area (Å²) < 4.78 is 0. The van der Waals surface area contributed by atoms with Gasteiger partial charge in [0.2, 0.25) is 0 Å². The van der Waals surface area contributed by atoms with Gasteiger partial charge in [0.15, 0.2) is 0 Å². The summed E-state index contributed by atoms with van der Waals surface area (Å²) in [6.45, 7) is 7.15. The zero-order valence-electron chi connectivity index (χ0n) is 10.7. The van der Waals surface area contributed by atoms with E-state index in [2.05, 4.69) is 35.6 Å². The van der Waals surface area contributed by atoms with Crippen LogP contribution >= 0.6 is 12.2 Å². The van der Waals surface area contributed by atoms with Gasteiger partial charge in [-0.05, 0) is 20.3 Å². The Morgan fingerprint density at radius 1 is 1.47 bits per heavy atom. The zero-order chi connectivity index (χ0) is 12.8. The van der Waals surface area contributed by atoms with Gasteiger partial charge in [0.25, 0.3) is 0 Å². The van der Waals surface area contributed by atoms with Crippen LogP contribution in [0.2, 0.25) is 0 Å². The van der Waals surface area contributed by atoms with Crippen molar-refractivity contribution in [2.24, 2.45) is 5.73 Å². The van der Waals surface area contributed by atoms with E-state index in [1.165, 1.54) is 0 Å². The van der Waals surface area contributed by atoms with Crippen molar-refractivity contribution in [2.75, 3.05) is 11.4 Å². The number of anilines is 1. The molecule has 17 heavy (non-hydrogen) atoms. The maximum Gasteiger partial charge on any atom is 0.132 e. The lowest BCUT2D eigenvalue weighted by atomic mass is 10.2. The van der Waals surface area contributed by atoms with E-state index in [9.17, 15) is 0 Å². The summed E-state index contributed by atoms with van der Waals surface area (Å²) in [5, 5.41) is 0. The highest BCUT2D eigenvalue weighted by atomic mass is 32.1. The molecule has 5 heteroatoms. The normalized spacial score (nSPS) is 10.6. The highest BCUT2D eigenvalue weighted by Gasteiger charge is 2.12. The van der Waals surface area contributed by atoms with Crippen LogP contribution in [0.15, 0.2) is 12.4 Å². The van der Waals surface area contributed by atoms with Crippen molar-refractivity contribution in [1.82, 2.24) is 9.97 Å². The van der Waals surface area contributed by atoms with Crippen LogP contribution in [-0.2, 0) is 6.42 Å². The number of nitrogens with two attached hydrogens (primary N) is 1. The first-order valence-corrected chi connectivity index (χ1v) is 6.31. The number of nitrogens with zero attached hydrogens (tertiary/aromatic N) is 3. The minimum Gasteiger partial charge on any atom is -0.393 e. The van der Waals surface area contributed by atoms with Crippen LogP contribution in [0.5, 0.6) is 0 Å². The predicted molar refractivity (Wildman–Crippen MR) is 75.3 cm³/mol. The fourth-order valence-electron chi connectivity index (χ4n) is 1.60. The topological polar surface area (TPSA) is 55.0 Å². The van der Waals surface area contributed by atoms with Crippen LogP contribution in [0.1, 0.15) is 32.9 Å². The molecule has 1 heterocycles. The second kappa shape index (κ2) is 6.49. The van der Waals surface area contributed by atoms with Crippen LogP contribution in [0.4, 0.5) is 5.82 Å². The molecular formula is C12H20N4S. The van der Waals surface area contributed by atoms with Crippen molar-refractivity contribution in [3.05, 3.63) is 18.1 Å². The van der Waals surface area contributed by atoms with Gasteiger partial charge >= 0.3 is 0 Å². The van der Waals surface area contributed by atoms with Gasteiger partial charge in [-0.3, -0.25) is 0 Å². The Morgan fingerprint density at radius 2 is 2.18 bits per heavy atom. The summed E-state index contributed by atoms with van der Waals surface area (Å²) in [6, 6.07) is 2.39. The number of thiocarbonyl (C=S) groups is 1. The maximum absolute atomic E-state index is 5.55. The molecule has 2 N–H and O–H groups in total. The van der Waals surface area contributed by atoms with E-state index in [0.717, 1.165) is 24.5 Å². The van der Waals surface area contributed by atoms with Crippen LogP contribution in [0.3, 0.4) is 0 Å². The van der Waals surface area contributed by atoms with Gasteiger partial charge in [-0.1, -0.05) is 19.1 Å². The molecule has 0 aromatic carbocycles. The molecule has 0 aliphatic rings. The number of aromatic nitrogens is 2. The molecule has 0 unspecified atom stereocenters. The SMILES string of the molecule is CCc1cc(N(CCC(N)=S)C(C)C)ncn1. The number of rotatable bonds is 6. The summed E-state index contributed by atoms with van der Waals surface area (Å²) >= 11 is 4.92. The van der Waals surface area contributed by atoms with Crippen molar-refractivity contribution >= 4 is 23.0 Å². The molecule has 0 radical (unpaired) electrons. The van der Waals surface area contributed by atoms with E-state index in [0.29, 0.717) is 17.5 Å². The molecule has 0 atom stereocenters. The first-order chi connectivity index (χ1) is 8.04. The molecule has 1 aromatic rings. The number of hydrogen-bond donors (Lipinski definition) is 1. The second-order valence-electron chi connectivity index (χ2n) is 4.22. The summed E-state index contributed by atoms with van der Waals surface area (Å²) in [4.78, 5) is 11.3. The first kappa shape index (κ1) is 13.8. The van der Waals surface area contributed by atoms with Gasteiger partial charge < -0.3 is 10.6 Å². The maximum atomic E-state index is 5.55. The van der Waals surface area contributed by atoms with Crippen LogP contribution in [0.25, 0.3) is 0 Å². The molecule has 0 saturated heterocycles. The molecule has 4 nitrogen and oxygen atoms in total. The molecule has 0 amide bonds. The smallest absolute Gasteiger partial charge is 0.132 e. The van der Waals surface area contributed by atoms with Gasteiger partial charge in [0, 0.05) is 30.8 Å². The highest BCUT2D eigenvalue weighted by molar-refractivity contribution is 7.80. The predicted octanol–water partition coefficient (Wildman–Crippen LogP) is 1.93. The average Bonchev–Trinajstić information content (AvgIpc) is 2.28. The first-order valence-electron chi connectivity index (χ1n) is 5.90. The van der Waals surface area contributed by atoms with Crippen LogP contribution in [0, 0.1) is 0 Å². The molecule has 0 saturated carbocycles. The Hall–Kier alpha value is -1.23. The van der Waals surface area contributed by atoms with E-state index in [4.69, 9.17) is 18.0 Å². The summed E-state index contributed by atoms with van der Waals surface area (Å²) in [5.74, 6) is 0.947. The van der Waals surface area contributed by atoms with E-state index in [-0.39, 0.29) is 0 Å². The molecule has 0 bridgehead atoms. The molecule has 0 aliphatic heterocycles. The molecule has 0 aliphatic carbocycles. The lowest BCUT2D eigenvalue weighted by Gasteiger charge is -2.27. The van der Waals surface area contributed by atoms with Crippen molar-refractivity contribution < 1.29 is 0 Å². The molecule has 1 rings (SSSR count). The molecule has 0 fully saturated rings. The highest BCUT2D eigenvalue weighted by Crippen LogP contribution is 2.15. The molecule has 94 valence electrons. The van der Waals surface area contributed by atoms with E-state index in [1.807, 2.05) is 6.07 Å². The third-order valence-corrected chi connectivity index (χ3v) is 2.79. The van der Waals surface area contributed by atoms with Crippen molar-refractivity contribution in [3.63, 3.8) is 0 Å². The van der Waals surface area contributed by atoms with Gasteiger partial charge in [-0.25, -0.2) is 9.97 Å². The Labute approximate surface area is 108 Å². The van der Waals surface area contributed by atoms with Gasteiger partial charge in [0.05, 0.1) is 4.99 Å². The Morgan fingerprint density at radius 3 is 2.71 bits per heavy atom. The summed E-state index contributed by atoms with van der Waals surface area (Å²) in [5.41, 5.74) is 6.60. The Bertz CT molecular complexity index is 379. The average molecular weight is 252 g/mol. The third kappa shape index (κ3) is 4.26. The number of hydrogen-bond acceptors (Lipinski definition) is 4. The van der Waals surface area contributed by atoms with Gasteiger partial charge in [0.1, 0.15) is 12.1 Å². The lowest BCUT2D eigenvalue weighted by molar-refractivity contribution is 0.678. The van der Waals surface area contributed by atoms with E-state index >= 15 is 0 Å². The Kier molecular flexibility index (Phi) is 5.28.